The Kier molecular flexibility index (Phi) is 3.90. The van der Waals surface area contributed by atoms with Crippen LogP contribution in [-0.4, -0.2) is 15.0 Å². The van der Waals surface area contributed by atoms with Crippen molar-refractivity contribution in [3.63, 3.8) is 0 Å². The molecule has 3 rings (SSSR count). The van der Waals surface area contributed by atoms with Gasteiger partial charge in [-0.3, -0.25) is 9.97 Å². The van der Waals surface area contributed by atoms with E-state index in [0.29, 0.717) is 27.9 Å². The number of fused-ring (bicyclic) bond motifs is 1. The number of pyridine rings is 1. The number of halogens is 2. The zero-order chi connectivity index (χ0) is 14.8. The highest BCUT2D eigenvalue weighted by atomic mass is 35.5. The average Bonchev–Trinajstić information content (AvgIpc) is 2.48. The van der Waals surface area contributed by atoms with Crippen molar-refractivity contribution in [3.05, 3.63) is 58.0 Å². The maximum Gasteiger partial charge on any atom is 0.145 e. The summed E-state index contributed by atoms with van der Waals surface area (Å²) in [5.74, 6) is 0.692. The van der Waals surface area contributed by atoms with E-state index in [1.165, 1.54) is 5.56 Å². The van der Waals surface area contributed by atoms with Crippen LogP contribution in [0.2, 0.25) is 10.0 Å². The van der Waals surface area contributed by atoms with Crippen molar-refractivity contribution in [3.8, 4) is 0 Å². The fraction of sp³-hybridized carbons (Fsp3) is 0.133. The quantitative estimate of drug-likeness (QED) is 0.784. The Morgan fingerprint density at radius 3 is 2.62 bits per heavy atom. The lowest BCUT2D eigenvalue weighted by atomic mass is 10.1. The smallest absolute Gasteiger partial charge is 0.145 e. The second kappa shape index (κ2) is 5.84. The summed E-state index contributed by atoms with van der Waals surface area (Å²) in [4.78, 5) is 12.9. The van der Waals surface area contributed by atoms with Crippen LogP contribution in [0.1, 0.15) is 11.1 Å². The summed E-state index contributed by atoms with van der Waals surface area (Å²) >= 11 is 12.0. The fourth-order valence-electron chi connectivity index (χ4n) is 1.98. The summed E-state index contributed by atoms with van der Waals surface area (Å²) in [7, 11) is 0. The molecule has 3 aromatic rings. The monoisotopic (exact) mass is 318 g/mol. The molecule has 2 aromatic heterocycles. The first kappa shape index (κ1) is 14.0. The van der Waals surface area contributed by atoms with E-state index in [0.717, 1.165) is 11.1 Å². The Labute approximate surface area is 132 Å². The second-order valence-electron chi connectivity index (χ2n) is 4.67. The SMILES string of the molecule is Cc1cnccc1CNc1cnc2cc(Cl)c(Cl)cc2n1. The highest BCUT2D eigenvalue weighted by Crippen LogP contribution is 2.26. The van der Waals surface area contributed by atoms with E-state index >= 15 is 0 Å². The Bertz CT molecular complexity index is 805. The van der Waals surface area contributed by atoms with Crippen LogP contribution in [0, 0.1) is 6.92 Å². The normalized spacial score (nSPS) is 10.8. The molecule has 0 unspecified atom stereocenters. The summed E-state index contributed by atoms with van der Waals surface area (Å²) in [5, 5.41) is 4.20. The highest BCUT2D eigenvalue weighted by Gasteiger charge is 2.05. The molecule has 0 aliphatic heterocycles. The number of anilines is 1. The number of hydrogen-bond acceptors (Lipinski definition) is 4. The minimum Gasteiger partial charge on any atom is -0.365 e. The van der Waals surface area contributed by atoms with Gasteiger partial charge in [-0.15, -0.1) is 0 Å². The van der Waals surface area contributed by atoms with E-state index in [-0.39, 0.29) is 0 Å². The largest absolute Gasteiger partial charge is 0.365 e. The van der Waals surface area contributed by atoms with E-state index in [4.69, 9.17) is 23.2 Å². The molecular formula is C15H12Cl2N4. The molecule has 1 aromatic carbocycles. The van der Waals surface area contributed by atoms with Gasteiger partial charge in [0.15, 0.2) is 0 Å². The molecule has 0 fully saturated rings. The molecule has 0 bridgehead atoms. The first-order chi connectivity index (χ1) is 10.1. The molecule has 0 amide bonds. The first-order valence-corrected chi connectivity index (χ1v) is 7.14. The lowest BCUT2D eigenvalue weighted by molar-refractivity contribution is 1.07. The Hall–Kier alpha value is -1.91. The van der Waals surface area contributed by atoms with E-state index in [9.17, 15) is 0 Å². The molecule has 106 valence electrons. The molecule has 0 radical (unpaired) electrons. The van der Waals surface area contributed by atoms with Gasteiger partial charge in [0, 0.05) is 18.9 Å². The van der Waals surface area contributed by atoms with Gasteiger partial charge in [-0.25, -0.2) is 4.98 Å². The predicted octanol–water partition coefficient (Wildman–Crippen LogP) is 4.25. The van der Waals surface area contributed by atoms with Crippen LogP contribution in [0.3, 0.4) is 0 Å². The highest BCUT2D eigenvalue weighted by molar-refractivity contribution is 6.42. The fourth-order valence-corrected chi connectivity index (χ4v) is 2.30. The van der Waals surface area contributed by atoms with Crippen LogP contribution in [0.5, 0.6) is 0 Å². The summed E-state index contributed by atoms with van der Waals surface area (Å²) < 4.78 is 0. The lowest BCUT2D eigenvalue weighted by Crippen LogP contribution is -2.03. The maximum atomic E-state index is 6.01. The molecule has 0 aliphatic rings. The summed E-state index contributed by atoms with van der Waals surface area (Å²) in [6.07, 6.45) is 5.30. The molecule has 21 heavy (non-hydrogen) atoms. The van der Waals surface area contributed by atoms with Crippen LogP contribution in [0.15, 0.2) is 36.8 Å². The zero-order valence-electron chi connectivity index (χ0n) is 11.3. The molecule has 0 saturated heterocycles. The Balaban J connectivity index is 1.85. The lowest BCUT2D eigenvalue weighted by Gasteiger charge is -2.08. The molecule has 0 atom stereocenters. The van der Waals surface area contributed by atoms with Gasteiger partial charge in [-0.2, -0.15) is 0 Å². The number of aromatic nitrogens is 3. The summed E-state index contributed by atoms with van der Waals surface area (Å²) in [5.41, 5.74) is 3.73. The van der Waals surface area contributed by atoms with Gasteiger partial charge in [0.2, 0.25) is 0 Å². The van der Waals surface area contributed by atoms with Gasteiger partial charge in [0.1, 0.15) is 5.82 Å². The van der Waals surface area contributed by atoms with Crippen LogP contribution < -0.4 is 5.32 Å². The average molecular weight is 319 g/mol. The van der Waals surface area contributed by atoms with Gasteiger partial charge in [-0.1, -0.05) is 23.2 Å². The van der Waals surface area contributed by atoms with E-state index in [1.54, 1.807) is 24.5 Å². The number of benzene rings is 1. The third kappa shape index (κ3) is 3.06. The number of hydrogen-bond donors (Lipinski definition) is 1. The van der Waals surface area contributed by atoms with Gasteiger partial charge in [-0.05, 0) is 36.2 Å². The van der Waals surface area contributed by atoms with Crippen molar-refractivity contribution in [1.82, 2.24) is 15.0 Å². The third-order valence-electron chi connectivity index (χ3n) is 3.18. The van der Waals surface area contributed by atoms with Crippen molar-refractivity contribution in [2.24, 2.45) is 0 Å². The Morgan fingerprint density at radius 2 is 1.86 bits per heavy atom. The van der Waals surface area contributed by atoms with Crippen LogP contribution >= 0.6 is 23.2 Å². The number of rotatable bonds is 3. The van der Waals surface area contributed by atoms with Gasteiger partial charge >= 0.3 is 0 Å². The van der Waals surface area contributed by atoms with E-state index in [2.05, 4.69) is 20.3 Å². The van der Waals surface area contributed by atoms with Crippen molar-refractivity contribution < 1.29 is 0 Å². The molecule has 2 heterocycles. The topological polar surface area (TPSA) is 50.7 Å². The third-order valence-corrected chi connectivity index (χ3v) is 3.90. The molecular weight excluding hydrogens is 307 g/mol. The van der Waals surface area contributed by atoms with E-state index in [1.807, 2.05) is 19.2 Å². The van der Waals surface area contributed by atoms with Crippen molar-refractivity contribution in [2.45, 2.75) is 13.5 Å². The minimum absolute atomic E-state index is 0.473. The van der Waals surface area contributed by atoms with Gasteiger partial charge in [0.05, 0.1) is 27.3 Å². The minimum atomic E-state index is 0.473. The molecule has 1 N–H and O–H groups in total. The summed E-state index contributed by atoms with van der Waals surface area (Å²) in [6, 6.07) is 5.41. The molecule has 6 heteroatoms. The van der Waals surface area contributed by atoms with Crippen molar-refractivity contribution in [2.75, 3.05) is 5.32 Å². The van der Waals surface area contributed by atoms with Crippen LogP contribution in [-0.2, 0) is 6.54 Å². The summed E-state index contributed by atoms with van der Waals surface area (Å²) in [6.45, 7) is 2.69. The molecule has 0 saturated carbocycles. The van der Waals surface area contributed by atoms with Crippen molar-refractivity contribution in [1.29, 1.82) is 0 Å². The van der Waals surface area contributed by atoms with E-state index < -0.39 is 0 Å². The van der Waals surface area contributed by atoms with Crippen LogP contribution in [0.25, 0.3) is 11.0 Å². The molecule has 4 nitrogen and oxygen atoms in total. The first-order valence-electron chi connectivity index (χ1n) is 6.38. The van der Waals surface area contributed by atoms with Crippen LogP contribution in [0.4, 0.5) is 5.82 Å². The number of nitrogens with zero attached hydrogens (tertiary/aromatic N) is 3. The standard InChI is InChI=1S/C15H12Cl2N4/c1-9-6-18-3-2-10(9)7-20-15-8-19-13-4-11(16)12(17)5-14(13)21-15/h2-6,8H,7H2,1H3,(H,20,21). The number of aryl methyl sites for hydroxylation is 1. The molecule has 0 aliphatic carbocycles. The molecule has 0 spiro atoms. The second-order valence-corrected chi connectivity index (χ2v) is 5.48. The zero-order valence-corrected chi connectivity index (χ0v) is 12.8. The predicted molar refractivity (Wildman–Crippen MR) is 85.9 cm³/mol. The van der Waals surface area contributed by atoms with Gasteiger partial charge < -0.3 is 5.32 Å². The van der Waals surface area contributed by atoms with Crippen molar-refractivity contribution >= 4 is 40.1 Å². The maximum absolute atomic E-state index is 6.01. The van der Waals surface area contributed by atoms with Gasteiger partial charge in [0.25, 0.3) is 0 Å². The number of nitrogens with one attached hydrogen (secondary N) is 1. The Morgan fingerprint density at radius 1 is 1.10 bits per heavy atom.